The molecule has 1 amide bonds. The summed E-state index contributed by atoms with van der Waals surface area (Å²) in [5.74, 6) is 0.406. The number of carbonyl (C=O) groups excluding carboxylic acids is 1. The van der Waals surface area contributed by atoms with Crippen LogP contribution in [0.1, 0.15) is 12.0 Å². The lowest BCUT2D eigenvalue weighted by Crippen LogP contribution is -2.36. The van der Waals surface area contributed by atoms with Gasteiger partial charge in [-0.15, -0.1) is 0 Å². The first-order valence-corrected chi connectivity index (χ1v) is 7.72. The van der Waals surface area contributed by atoms with Gasteiger partial charge in [-0.25, -0.2) is 0 Å². The van der Waals surface area contributed by atoms with Gasteiger partial charge in [0.2, 0.25) is 5.91 Å². The molecule has 2 saturated heterocycles. The molecule has 1 N–H and O–H groups in total. The number of hydrogen-bond acceptors (Lipinski definition) is 3. The van der Waals surface area contributed by atoms with E-state index in [9.17, 15) is 9.90 Å². The Morgan fingerprint density at radius 2 is 2.29 bits per heavy atom. The largest absolute Gasteiger partial charge is 0.396 e. The Morgan fingerprint density at radius 1 is 1.48 bits per heavy atom. The third-order valence-electron chi connectivity index (χ3n) is 4.75. The number of aliphatic hydroxyl groups excluding tert-OH is 1. The second kappa shape index (κ2) is 5.95. The number of ether oxygens (including phenoxy) is 1. The zero-order valence-electron chi connectivity index (χ0n) is 11.9. The topological polar surface area (TPSA) is 49.8 Å². The van der Waals surface area contributed by atoms with Crippen LogP contribution in [0.3, 0.4) is 0 Å². The third kappa shape index (κ3) is 2.80. The molecule has 114 valence electrons. The van der Waals surface area contributed by atoms with Crippen LogP contribution < -0.4 is 0 Å². The highest BCUT2D eigenvalue weighted by Gasteiger charge is 2.51. The van der Waals surface area contributed by atoms with Gasteiger partial charge in [-0.1, -0.05) is 29.8 Å². The molecule has 2 atom stereocenters. The summed E-state index contributed by atoms with van der Waals surface area (Å²) in [4.78, 5) is 14.3. The Balaban J connectivity index is 1.59. The lowest BCUT2D eigenvalue weighted by molar-refractivity contribution is -0.131. The van der Waals surface area contributed by atoms with Gasteiger partial charge < -0.3 is 14.7 Å². The van der Waals surface area contributed by atoms with Gasteiger partial charge in [-0.3, -0.25) is 4.79 Å². The van der Waals surface area contributed by atoms with Crippen LogP contribution in [0.4, 0.5) is 0 Å². The molecule has 0 bridgehead atoms. The van der Waals surface area contributed by atoms with E-state index in [0.717, 1.165) is 5.56 Å². The van der Waals surface area contributed by atoms with E-state index in [0.29, 0.717) is 44.2 Å². The molecule has 0 aliphatic carbocycles. The average Bonchev–Trinajstić information content (AvgIpc) is 3.03. The van der Waals surface area contributed by atoms with E-state index >= 15 is 0 Å². The second-order valence-electron chi connectivity index (χ2n) is 6.10. The van der Waals surface area contributed by atoms with E-state index < -0.39 is 0 Å². The van der Waals surface area contributed by atoms with Crippen LogP contribution in [-0.2, 0) is 16.0 Å². The molecule has 2 fully saturated rings. The van der Waals surface area contributed by atoms with Gasteiger partial charge in [-0.2, -0.15) is 0 Å². The van der Waals surface area contributed by atoms with E-state index in [1.54, 1.807) is 0 Å². The summed E-state index contributed by atoms with van der Waals surface area (Å²) in [7, 11) is 0. The molecule has 4 nitrogen and oxygen atoms in total. The van der Waals surface area contributed by atoms with E-state index in [-0.39, 0.29) is 23.8 Å². The molecule has 5 heteroatoms. The zero-order valence-corrected chi connectivity index (χ0v) is 12.7. The maximum absolute atomic E-state index is 12.4. The predicted molar refractivity (Wildman–Crippen MR) is 80.2 cm³/mol. The molecule has 0 spiro atoms. The van der Waals surface area contributed by atoms with Crippen LogP contribution in [0.2, 0.25) is 5.02 Å². The van der Waals surface area contributed by atoms with Crippen molar-refractivity contribution in [1.29, 1.82) is 0 Å². The highest BCUT2D eigenvalue weighted by Crippen LogP contribution is 2.41. The average molecular weight is 310 g/mol. The summed E-state index contributed by atoms with van der Waals surface area (Å²) in [5, 5.41) is 10.3. The molecule has 0 saturated carbocycles. The van der Waals surface area contributed by atoms with Crippen LogP contribution >= 0.6 is 11.6 Å². The van der Waals surface area contributed by atoms with Crippen molar-refractivity contribution in [2.45, 2.75) is 12.8 Å². The van der Waals surface area contributed by atoms with Gasteiger partial charge >= 0.3 is 0 Å². The Labute approximate surface area is 129 Å². The number of amides is 1. The van der Waals surface area contributed by atoms with Crippen molar-refractivity contribution in [3.8, 4) is 0 Å². The SMILES string of the molecule is O=C(CCc1ccccc1Cl)N1C[C@H]2COC[C@@]2(CO)C1. The zero-order chi connectivity index (χ0) is 14.9. The number of likely N-dealkylation sites (tertiary alicyclic amines) is 1. The Morgan fingerprint density at radius 3 is 3.00 bits per heavy atom. The molecule has 2 heterocycles. The van der Waals surface area contributed by atoms with Crippen molar-refractivity contribution in [3.05, 3.63) is 34.9 Å². The van der Waals surface area contributed by atoms with Crippen molar-refractivity contribution < 1.29 is 14.6 Å². The summed E-state index contributed by atoms with van der Waals surface area (Å²) in [5.41, 5.74) is 0.771. The van der Waals surface area contributed by atoms with Crippen molar-refractivity contribution in [2.75, 3.05) is 32.9 Å². The number of rotatable bonds is 4. The third-order valence-corrected chi connectivity index (χ3v) is 5.12. The van der Waals surface area contributed by atoms with Crippen LogP contribution in [0.25, 0.3) is 0 Å². The normalized spacial score (nSPS) is 27.9. The minimum Gasteiger partial charge on any atom is -0.396 e. The van der Waals surface area contributed by atoms with Gasteiger partial charge in [0.25, 0.3) is 0 Å². The fourth-order valence-electron chi connectivity index (χ4n) is 3.35. The number of fused-ring (bicyclic) bond motifs is 1. The maximum atomic E-state index is 12.4. The number of halogens is 1. The van der Waals surface area contributed by atoms with Gasteiger partial charge in [-0.05, 0) is 18.1 Å². The van der Waals surface area contributed by atoms with Gasteiger partial charge in [0, 0.05) is 35.9 Å². The van der Waals surface area contributed by atoms with E-state index in [1.807, 2.05) is 29.2 Å². The lowest BCUT2D eigenvalue weighted by Gasteiger charge is -2.24. The summed E-state index contributed by atoms with van der Waals surface area (Å²) in [6.45, 7) is 2.60. The van der Waals surface area contributed by atoms with Gasteiger partial charge in [0.15, 0.2) is 0 Å². The highest BCUT2D eigenvalue weighted by molar-refractivity contribution is 6.31. The van der Waals surface area contributed by atoms with Crippen LogP contribution in [0, 0.1) is 11.3 Å². The summed E-state index contributed by atoms with van der Waals surface area (Å²) in [6.07, 6.45) is 1.11. The molecular formula is C16H20ClNO3. The maximum Gasteiger partial charge on any atom is 0.222 e. The molecule has 2 aliphatic rings. The van der Waals surface area contributed by atoms with Crippen molar-refractivity contribution in [3.63, 3.8) is 0 Å². The monoisotopic (exact) mass is 309 g/mol. The van der Waals surface area contributed by atoms with Gasteiger partial charge in [0.1, 0.15) is 0 Å². The Hall–Kier alpha value is -1.10. The summed E-state index contributed by atoms with van der Waals surface area (Å²) in [6, 6.07) is 7.63. The van der Waals surface area contributed by atoms with E-state index in [2.05, 4.69) is 0 Å². The smallest absolute Gasteiger partial charge is 0.222 e. The molecule has 0 aromatic heterocycles. The fourth-order valence-corrected chi connectivity index (χ4v) is 3.58. The summed E-state index contributed by atoms with van der Waals surface area (Å²) >= 11 is 6.12. The quantitative estimate of drug-likeness (QED) is 0.921. The predicted octanol–water partition coefficient (Wildman–Crippen LogP) is 1.74. The number of aliphatic hydroxyl groups is 1. The van der Waals surface area contributed by atoms with Crippen LogP contribution in [-0.4, -0.2) is 48.8 Å². The first kappa shape index (κ1) is 14.8. The summed E-state index contributed by atoms with van der Waals surface area (Å²) < 4.78 is 5.46. The molecular weight excluding hydrogens is 290 g/mol. The standard InChI is InChI=1S/C16H20ClNO3/c17-14-4-2-1-3-12(14)5-6-15(20)18-7-13-8-21-11-16(13,9-18)10-19/h1-4,13,19H,5-11H2/t13-,16-/m0/s1. The van der Waals surface area contributed by atoms with E-state index in [1.165, 1.54) is 0 Å². The fraction of sp³-hybridized carbons (Fsp3) is 0.562. The molecule has 21 heavy (non-hydrogen) atoms. The first-order valence-electron chi connectivity index (χ1n) is 7.34. The number of benzene rings is 1. The molecule has 1 aromatic rings. The Bertz CT molecular complexity index is 536. The number of hydrogen-bond donors (Lipinski definition) is 1. The molecule has 0 unspecified atom stereocenters. The van der Waals surface area contributed by atoms with Crippen LogP contribution in [0.15, 0.2) is 24.3 Å². The molecule has 3 rings (SSSR count). The lowest BCUT2D eigenvalue weighted by atomic mass is 9.82. The second-order valence-corrected chi connectivity index (χ2v) is 6.51. The van der Waals surface area contributed by atoms with E-state index in [4.69, 9.17) is 16.3 Å². The number of nitrogens with zero attached hydrogens (tertiary/aromatic N) is 1. The highest BCUT2D eigenvalue weighted by atomic mass is 35.5. The molecule has 1 aromatic carbocycles. The van der Waals surface area contributed by atoms with Crippen LogP contribution in [0.5, 0.6) is 0 Å². The molecule has 2 aliphatic heterocycles. The van der Waals surface area contributed by atoms with Crippen molar-refractivity contribution in [1.82, 2.24) is 4.90 Å². The minimum absolute atomic E-state index is 0.0892. The first-order chi connectivity index (χ1) is 10.1. The number of aryl methyl sites for hydroxylation is 1. The number of carbonyl (C=O) groups is 1. The van der Waals surface area contributed by atoms with Crippen molar-refractivity contribution >= 4 is 17.5 Å². The minimum atomic E-state index is -0.236. The molecule has 0 radical (unpaired) electrons. The van der Waals surface area contributed by atoms with Gasteiger partial charge in [0.05, 0.1) is 19.8 Å². The Kier molecular flexibility index (Phi) is 4.20. The van der Waals surface area contributed by atoms with Crippen molar-refractivity contribution in [2.24, 2.45) is 11.3 Å².